The van der Waals surface area contributed by atoms with E-state index in [1.807, 2.05) is 0 Å². The van der Waals surface area contributed by atoms with Crippen molar-refractivity contribution in [3.8, 4) is 5.75 Å². The third-order valence-corrected chi connectivity index (χ3v) is 7.63. The summed E-state index contributed by atoms with van der Waals surface area (Å²) < 4.78 is 133. The molecule has 1 amide bonds. The van der Waals surface area contributed by atoms with Gasteiger partial charge in [0.05, 0.1) is 40.9 Å². The summed E-state index contributed by atoms with van der Waals surface area (Å²) >= 11 is 0. The molecule has 2 heterocycles. The summed E-state index contributed by atoms with van der Waals surface area (Å²) in [5, 5.41) is 9.96. The number of anilines is 1. The maximum Gasteiger partial charge on any atom is 0.416 e. The molecule has 0 aliphatic carbocycles. The van der Waals surface area contributed by atoms with Crippen LogP contribution in [0.1, 0.15) is 65.0 Å². The Bertz CT molecular complexity index is 1630. The van der Waals surface area contributed by atoms with Gasteiger partial charge in [0.15, 0.2) is 5.75 Å². The van der Waals surface area contributed by atoms with Crippen LogP contribution in [0.5, 0.6) is 5.75 Å². The van der Waals surface area contributed by atoms with Crippen molar-refractivity contribution in [1.29, 1.82) is 0 Å². The first kappa shape index (κ1) is 36.4. The molecule has 1 aliphatic heterocycles. The SMILES string of the molecule is CC[C@]1(N)C[C@H](c2ncc(OCCOCC=O)c(Cc3cc(C(F)(F)F)cc(C(F)(F)F)c3)n2)c2cc(C(F)(F)F)ccc2N1C(=O)O. The number of alkyl halides is 9. The van der Waals surface area contributed by atoms with Crippen molar-refractivity contribution >= 4 is 18.1 Å². The molecule has 0 radical (unpaired) electrons. The zero-order valence-electron chi connectivity index (χ0n) is 24.8. The van der Waals surface area contributed by atoms with E-state index in [0.29, 0.717) is 30.6 Å². The van der Waals surface area contributed by atoms with Gasteiger partial charge in [-0.2, -0.15) is 39.5 Å². The summed E-state index contributed by atoms with van der Waals surface area (Å²) in [4.78, 5) is 32.1. The topological polar surface area (TPSA) is 128 Å². The predicted molar refractivity (Wildman–Crippen MR) is 149 cm³/mol. The number of ether oxygens (including phenoxy) is 2. The van der Waals surface area contributed by atoms with Crippen LogP contribution in [-0.4, -0.2) is 52.9 Å². The molecule has 0 spiro atoms. The molecular formula is C30H27F9N4O5. The largest absolute Gasteiger partial charge is 0.488 e. The molecule has 260 valence electrons. The van der Waals surface area contributed by atoms with E-state index in [-0.39, 0.29) is 67.2 Å². The van der Waals surface area contributed by atoms with Gasteiger partial charge in [0, 0.05) is 12.3 Å². The molecule has 1 aromatic heterocycles. The Morgan fingerprint density at radius 2 is 1.62 bits per heavy atom. The van der Waals surface area contributed by atoms with Crippen LogP contribution in [0.2, 0.25) is 0 Å². The Morgan fingerprint density at radius 1 is 1.00 bits per heavy atom. The van der Waals surface area contributed by atoms with Crippen molar-refractivity contribution in [3.05, 3.63) is 81.9 Å². The molecule has 2 aromatic carbocycles. The van der Waals surface area contributed by atoms with Crippen LogP contribution in [0.4, 0.5) is 50.0 Å². The van der Waals surface area contributed by atoms with E-state index in [4.69, 9.17) is 15.2 Å². The third-order valence-electron chi connectivity index (χ3n) is 7.63. The Kier molecular flexibility index (Phi) is 10.3. The lowest BCUT2D eigenvalue weighted by Crippen LogP contribution is -2.61. The highest BCUT2D eigenvalue weighted by atomic mass is 19.4. The highest BCUT2D eigenvalue weighted by molar-refractivity contribution is 5.90. The van der Waals surface area contributed by atoms with Crippen LogP contribution in [0.15, 0.2) is 42.6 Å². The maximum atomic E-state index is 13.8. The molecule has 18 heteroatoms. The smallest absolute Gasteiger partial charge is 0.416 e. The highest BCUT2D eigenvalue weighted by Crippen LogP contribution is 2.47. The molecule has 0 unspecified atom stereocenters. The van der Waals surface area contributed by atoms with Gasteiger partial charge in [0.2, 0.25) is 0 Å². The first-order valence-electron chi connectivity index (χ1n) is 14.1. The molecule has 3 aromatic rings. The number of rotatable bonds is 10. The van der Waals surface area contributed by atoms with Gasteiger partial charge >= 0.3 is 24.6 Å². The van der Waals surface area contributed by atoms with Gasteiger partial charge < -0.3 is 25.1 Å². The first-order valence-corrected chi connectivity index (χ1v) is 14.1. The van der Waals surface area contributed by atoms with Gasteiger partial charge in [-0.05, 0) is 60.4 Å². The Hall–Kier alpha value is -4.45. The average Bonchev–Trinajstić information content (AvgIpc) is 2.99. The summed E-state index contributed by atoms with van der Waals surface area (Å²) in [6.45, 7) is 0.845. The number of carboxylic acid groups (broad SMARTS) is 1. The molecule has 0 bridgehead atoms. The first-order chi connectivity index (χ1) is 22.3. The molecule has 3 N–H and O–H groups in total. The van der Waals surface area contributed by atoms with Gasteiger partial charge in [-0.3, -0.25) is 4.90 Å². The lowest BCUT2D eigenvalue weighted by Gasteiger charge is -2.46. The van der Waals surface area contributed by atoms with E-state index < -0.39 is 64.9 Å². The standard InChI is InChI=1S/C30H27F9N4O5/c1-2-27(40)14-21(20-13-17(28(31,32)33)3-4-23(20)43(27)26(45)46)25-41-15-24(48-8-7-47-6-5-44)22(42-25)11-16-9-18(29(34,35)36)12-19(10-16)30(37,38)39/h3-5,9-10,12-13,15,21H,2,6-8,11,14,40H2,1H3,(H,45,46)/t21-,27+/m0/s1. The molecule has 48 heavy (non-hydrogen) atoms. The number of aromatic nitrogens is 2. The number of carbonyl (C=O) groups is 2. The van der Waals surface area contributed by atoms with Crippen molar-refractivity contribution in [2.75, 3.05) is 24.7 Å². The lowest BCUT2D eigenvalue weighted by atomic mass is 9.80. The number of amides is 1. The number of hydrogen-bond acceptors (Lipinski definition) is 7. The molecule has 0 saturated carbocycles. The molecular weight excluding hydrogens is 667 g/mol. The van der Waals surface area contributed by atoms with Crippen LogP contribution < -0.4 is 15.4 Å². The second kappa shape index (κ2) is 13.6. The maximum absolute atomic E-state index is 13.8. The van der Waals surface area contributed by atoms with E-state index >= 15 is 0 Å². The number of carbonyl (C=O) groups excluding carboxylic acids is 1. The van der Waals surface area contributed by atoms with Crippen LogP contribution in [0, 0.1) is 0 Å². The molecule has 0 saturated heterocycles. The molecule has 1 aliphatic rings. The van der Waals surface area contributed by atoms with E-state index in [9.17, 15) is 54.2 Å². The van der Waals surface area contributed by atoms with Crippen molar-refractivity contribution < 1.29 is 63.7 Å². The van der Waals surface area contributed by atoms with Gasteiger partial charge in [0.25, 0.3) is 0 Å². The van der Waals surface area contributed by atoms with Crippen molar-refractivity contribution in [2.45, 2.75) is 56.3 Å². The summed E-state index contributed by atoms with van der Waals surface area (Å²) in [7, 11) is 0. The average molecular weight is 695 g/mol. The Labute approximate surface area is 266 Å². The third kappa shape index (κ3) is 7.98. The Morgan fingerprint density at radius 3 is 2.17 bits per heavy atom. The molecule has 4 rings (SSSR count). The number of aldehydes is 1. The minimum atomic E-state index is -5.15. The number of nitrogens with two attached hydrogens (primary N) is 1. The van der Waals surface area contributed by atoms with Crippen LogP contribution in [0.3, 0.4) is 0 Å². The lowest BCUT2D eigenvalue weighted by molar-refractivity contribution is -0.143. The van der Waals surface area contributed by atoms with E-state index in [1.165, 1.54) is 0 Å². The zero-order valence-corrected chi connectivity index (χ0v) is 24.8. The highest BCUT2D eigenvalue weighted by Gasteiger charge is 2.47. The van der Waals surface area contributed by atoms with Crippen molar-refractivity contribution in [1.82, 2.24) is 9.97 Å². The fraction of sp³-hybridized carbons (Fsp3) is 0.400. The van der Waals surface area contributed by atoms with E-state index in [2.05, 4.69) is 9.97 Å². The second-order valence-electron chi connectivity index (χ2n) is 10.8. The summed E-state index contributed by atoms with van der Waals surface area (Å²) in [5.41, 5.74) is -0.600. The minimum absolute atomic E-state index is 0.0183. The fourth-order valence-electron chi connectivity index (χ4n) is 5.33. The van der Waals surface area contributed by atoms with Crippen molar-refractivity contribution in [2.24, 2.45) is 5.73 Å². The minimum Gasteiger partial charge on any atom is -0.488 e. The molecule has 2 atom stereocenters. The monoisotopic (exact) mass is 694 g/mol. The summed E-state index contributed by atoms with van der Waals surface area (Å²) in [6.07, 6.45) is -16.2. The van der Waals surface area contributed by atoms with Gasteiger partial charge in [-0.1, -0.05) is 6.92 Å². The Balaban J connectivity index is 1.89. The van der Waals surface area contributed by atoms with Gasteiger partial charge in [-0.25, -0.2) is 14.8 Å². The van der Waals surface area contributed by atoms with Crippen LogP contribution in [-0.2, 0) is 34.5 Å². The second-order valence-corrected chi connectivity index (χ2v) is 10.8. The summed E-state index contributed by atoms with van der Waals surface area (Å²) in [5.74, 6) is -1.66. The number of hydrogen-bond donors (Lipinski definition) is 2. The fourth-order valence-corrected chi connectivity index (χ4v) is 5.33. The van der Waals surface area contributed by atoms with Gasteiger partial charge in [0.1, 0.15) is 31.0 Å². The normalized spacial score (nSPS) is 18.4. The number of fused-ring (bicyclic) bond motifs is 1. The van der Waals surface area contributed by atoms with Crippen LogP contribution >= 0.6 is 0 Å². The van der Waals surface area contributed by atoms with Gasteiger partial charge in [-0.15, -0.1) is 0 Å². The van der Waals surface area contributed by atoms with E-state index in [1.54, 1.807) is 6.92 Å². The van der Waals surface area contributed by atoms with E-state index in [0.717, 1.165) is 17.2 Å². The molecule has 0 fully saturated rings. The number of benzene rings is 2. The summed E-state index contributed by atoms with van der Waals surface area (Å²) in [6, 6.07) is 3.27. The number of nitrogens with zero attached hydrogens (tertiary/aromatic N) is 3. The van der Waals surface area contributed by atoms with Crippen LogP contribution in [0.25, 0.3) is 0 Å². The quantitative estimate of drug-likeness (QED) is 0.135. The zero-order chi connectivity index (χ0) is 35.7. The predicted octanol–water partition coefficient (Wildman–Crippen LogP) is 6.80. The molecule has 9 nitrogen and oxygen atoms in total. The number of halogens is 9. The van der Waals surface area contributed by atoms with Crippen molar-refractivity contribution in [3.63, 3.8) is 0 Å².